The second kappa shape index (κ2) is 11.6. The Hall–Kier alpha value is -6.28. The van der Waals surface area contributed by atoms with Gasteiger partial charge in [-0.1, -0.05) is 36.4 Å². The van der Waals surface area contributed by atoms with Crippen molar-refractivity contribution in [3.63, 3.8) is 0 Å². The van der Waals surface area contributed by atoms with Gasteiger partial charge in [-0.05, 0) is 67.6 Å². The molecule has 7 nitrogen and oxygen atoms in total. The largest absolute Gasteiger partial charge is 0.457 e. The molecule has 3 aromatic heterocycles. The summed E-state index contributed by atoms with van der Waals surface area (Å²) >= 11 is 0. The normalized spacial score (nSPS) is 12.1. The van der Waals surface area contributed by atoms with Crippen molar-refractivity contribution < 1.29 is 8.83 Å². The van der Waals surface area contributed by atoms with Crippen molar-refractivity contribution in [3.05, 3.63) is 131 Å². The van der Waals surface area contributed by atoms with Crippen LogP contribution in [0.15, 0.2) is 105 Å². The van der Waals surface area contributed by atoms with E-state index in [1.807, 2.05) is 48.5 Å². The second-order valence-electron chi connectivity index (χ2n) is 8.88. The van der Waals surface area contributed by atoms with Gasteiger partial charge in [-0.15, -0.1) is 0 Å². The lowest BCUT2D eigenvalue weighted by atomic mass is 10.1. The van der Waals surface area contributed by atoms with Gasteiger partial charge in [0.2, 0.25) is 0 Å². The Labute approximate surface area is 236 Å². The molecule has 0 bridgehead atoms. The lowest BCUT2D eigenvalue weighted by molar-refractivity contribution is 0.571. The van der Waals surface area contributed by atoms with E-state index in [1.165, 1.54) is 12.2 Å². The van der Waals surface area contributed by atoms with Crippen LogP contribution in [0.3, 0.4) is 0 Å². The lowest BCUT2D eigenvalue weighted by Crippen LogP contribution is -1.93. The van der Waals surface area contributed by atoms with E-state index in [1.54, 1.807) is 24.3 Å². The molecule has 5 aromatic rings. The quantitative estimate of drug-likeness (QED) is 0.119. The third-order valence-corrected chi connectivity index (χ3v) is 6.51. The third-order valence-electron chi connectivity index (χ3n) is 6.51. The molecule has 0 aliphatic heterocycles. The SMILES string of the molecule is [C-]#[N+]/C(C#N)=C\C=C\c1ccc(-c2ccc3c4ccc(-c5ccc(/C=C/C=C(\C#N)[N+]#[C-])o5)cc4n(CC)c3c2)o1. The van der Waals surface area contributed by atoms with Gasteiger partial charge < -0.3 is 13.4 Å². The van der Waals surface area contributed by atoms with Crippen molar-refractivity contribution in [1.82, 2.24) is 4.57 Å². The van der Waals surface area contributed by atoms with E-state index >= 15 is 0 Å². The summed E-state index contributed by atoms with van der Waals surface area (Å²) in [6, 6.07) is 23.7. The first-order valence-corrected chi connectivity index (χ1v) is 12.7. The number of aromatic nitrogens is 1. The van der Waals surface area contributed by atoms with Gasteiger partial charge in [0.05, 0.1) is 25.3 Å². The Bertz CT molecular complexity index is 1900. The van der Waals surface area contributed by atoms with Gasteiger partial charge in [0.25, 0.3) is 11.4 Å². The summed E-state index contributed by atoms with van der Waals surface area (Å²) in [6.07, 6.45) is 9.61. The Morgan fingerprint density at radius 3 is 1.61 bits per heavy atom. The molecule has 0 aliphatic carbocycles. The minimum atomic E-state index is 0.0128. The number of nitriles is 2. The van der Waals surface area contributed by atoms with E-state index in [4.69, 9.17) is 32.5 Å². The second-order valence-corrected chi connectivity index (χ2v) is 8.88. The first kappa shape index (κ1) is 26.3. The highest BCUT2D eigenvalue weighted by Gasteiger charge is 2.14. The van der Waals surface area contributed by atoms with Gasteiger partial charge in [-0.25, -0.2) is 20.2 Å². The maximum atomic E-state index is 8.87. The molecule has 3 heterocycles. The zero-order valence-electron chi connectivity index (χ0n) is 22.0. The maximum Gasteiger partial charge on any atom is 0.261 e. The standard InChI is InChI=1S/C34H21N5O2/c1-4-39-31-19-23(33-17-13-27(40-33)9-5-7-25(21-35)37-2)11-15-29(31)30-16-12-24(20-32(30)39)34-18-14-28(41-34)10-6-8-26(22-36)38-3/h5-20H,4H2,1H3/b9-5+,10-6+,25-7-,26-8+. The summed E-state index contributed by atoms with van der Waals surface area (Å²) in [4.78, 5) is 6.28. The predicted molar refractivity (Wildman–Crippen MR) is 159 cm³/mol. The summed E-state index contributed by atoms with van der Waals surface area (Å²) in [5, 5.41) is 20.0. The number of nitrogens with zero attached hydrogens (tertiary/aromatic N) is 5. The van der Waals surface area contributed by atoms with Crippen molar-refractivity contribution in [2.75, 3.05) is 0 Å². The van der Waals surface area contributed by atoms with Crippen molar-refractivity contribution in [1.29, 1.82) is 10.5 Å². The van der Waals surface area contributed by atoms with E-state index in [2.05, 4.69) is 45.4 Å². The van der Waals surface area contributed by atoms with Crippen LogP contribution in [0.4, 0.5) is 0 Å². The molecule has 0 radical (unpaired) electrons. The van der Waals surface area contributed by atoms with Crippen molar-refractivity contribution in [2.45, 2.75) is 13.5 Å². The number of aryl methyl sites for hydroxylation is 1. The number of rotatable bonds is 7. The van der Waals surface area contributed by atoms with Crippen LogP contribution >= 0.6 is 0 Å². The highest BCUT2D eigenvalue weighted by Crippen LogP contribution is 2.35. The molecule has 0 saturated heterocycles. The molecule has 0 amide bonds. The fourth-order valence-electron chi connectivity index (χ4n) is 4.60. The van der Waals surface area contributed by atoms with Crippen LogP contribution in [0.5, 0.6) is 0 Å². The van der Waals surface area contributed by atoms with Crippen LogP contribution in [-0.2, 0) is 6.54 Å². The highest BCUT2D eigenvalue weighted by molar-refractivity contribution is 6.09. The predicted octanol–water partition coefficient (Wildman–Crippen LogP) is 9.01. The Kier molecular flexibility index (Phi) is 7.47. The molecule has 0 fully saturated rings. The number of hydrogen-bond donors (Lipinski definition) is 0. The zero-order chi connectivity index (χ0) is 28.8. The molecule has 5 rings (SSSR count). The molecular formula is C34H21N5O2. The van der Waals surface area contributed by atoms with E-state index < -0.39 is 0 Å². The van der Waals surface area contributed by atoms with Crippen molar-refractivity contribution in [2.24, 2.45) is 0 Å². The van der Waals surface area contributed by atoms with Crippen molar-refractivity contribution >= 4 is 34.0 Å². The van der Waals surface area contributed by atoms with E-state index in [0.29, 0.717) is 11.5 Å². The van der Waals surface area contributed by atoms with Gasteiger partial charge in [0.15, 0.2) is 0 Å². The maximum absolute atomic E-state index is 8.87. The average molecular weight is 532 g/mol. The molecule has 0 aliphatic rings. The summed E-state index contributed by atoms with van der Waals surface area (Å²) in [6.45, 7) is 16.8. The molecule has 41 heavy (non-hydrogen) atoms. The van der Waals surface area contributed by atoms with Crippen LogP contribution in [0.1, 0.15) is 18.4 Å². The number of furan rings is 2. The molecular weight excluding hydrogens is 510 g/mol. The topological polar surface area (TPSA) is 87.5 Å². The van der Waals surface area contributed by atoms with Crippen LogP contribution in [0, 0.1) is 35.8 Å². The first-order chi connectivity index (χ1) is 20.1. The summed E-state index contributed by atoms with van der Waals surface area (Å²) in [7, 11) is 0. The van der Waals surface area contributed by atoms with Gasteiger partial charge in [0.1, 0.15) is 23.0 Å². The lowest BCUT2D eigenvalue weighted by Gasteiger charge is -2.05. The molecule has 0 atom stereocenters. The minimum absolute atomic E-state index is 0.0128. The Balaban J connectivity index is 1.47. The Morgan fingerprint density at radius 2 is 1.22 bits per heavy atom. The van der Waals surface area contributed by atoms with Gasteiger partial charge in [-0.3, -0.25) is 0 Å². The summed E-state index contributed by atoms with van der Waals surface area (Å²) in [5.41, 5.74) is 4.09. The molecule has 0 unspecified atom stereocenters. The molecule has 7 heteroatoms. The average Bonchev–Trinajstić information content (AvgIpc) is 3.74. The van der Waals surface area contributed by atoms with Crippen molar-refractivity contribution in [3.8, 4) is 34.8 Å². The summed E-state index contributed by atoms with van der Waals surface area (Å²) in [5.74, 6) is 2.69. The van der Waals surface area contributed by atoms with E-state index in [0.717, 1.165) is 51.0 Å². The molecule has 0 saturated carbocycles. The molecule has 0 N–H and O–H groups in total. The Morgan fingerprint density at radius 1 is 0.756 bits per heavy atom. The first-order valence-electron chi connectivity index (χ1n) is 12.7. The van der Waals surface area contributed by atoms with Crippen LogP contribution < -0.4 is 0 Å². The van der Waals surface area contributed by atoms with Gasteiger partial charge in [-0.2, -0.15) is 0 Å². The van der Waals surface area contributed by atoms with E-state index in [9.17, 15) is 0 Å². The number of fused-ring (bicyclic) bond motifs is 3. The molecule has 194 valence electrons. The van der Waals surface area contributed by atoms with Crippen LogP contribution in [0.25, 0.3) is 66.3 Å². The monoisotopic (exact) mass is 531 g/mol. The van der Waals surface area contributed by atoms with Crippen LogP contribution in [0.2, 0.25) is 0 Å². The fourth-order valence-corrected chi connectivity index (χ4v) is 4.60. The summed E-state index contributed by atoms with van der Waals surface area (Å²) < 4.78 is 14.3. The highest BCUT2D eigenvalue weighted by atomic mass is 16.3. The smallest absolute Gasteiger partial charge is 0.261 e. The van der Waals surface area contributed by atoms with Gasteiger partial charge >= 0.3 is 0 Å². The minimum Gasteiger partial charge on any atom is -0.457 e. The van der Waals surface area contributed by atoms with Gasteiger partial charge in [0, 0.05) is 39.5 Å². The van der Waals surface area contributed by atoms with E-state index in [-0.39, 0.29) is 11.4 Å². The number of hydrogen-bond acceptors (Lipinski definition) is 4. The molecule has 2 aromatic carbocycles. The third kappa shape index (κ3) is 5.34. The molecule has 0 spiro atoms. The number of allylic oxidation sites excluding steroid dienone is 6. The zero-order valence-corrected chi connectivity index (χ0v) is 22.0. The number of benzene rings is 2. The fraction of sp³-hybridized carbons (Fsp3) is 0.0588. The van der Waals surface area contributed by atoms with Crippen LogP contribution in [-0.4, -0.2) is 4.57 Å².